The summed E-state index contributed by atoms with van der Waals surface area (Å²) < 4.78 is 39.3. The van der Waals surface area contributed by atoms with Gasteiger partial charge in [0.25, 0.3) is 0 Å². The standard InChI is InChI=1S/C10H3ClF3N3OS/c11-5-1-4(10(12,13)14)3-17-7(5)15-2-6-8(17)16-9(18)19-6/h1-3H. The highest BCUT2D eigenvalue weighted by molar-refractivity contribution is 7.12. The van der Waals surface area contributed by atoms with E-state index < -0.39 is 16.6 Å². The van der Waals surface area contributed by atoms with Gasteiger partial charge in [0.1, 0.15) is 0 Å². The van der Waals surface area contributed by atoms with Crippen LogP contribution in [-0.4, -0.2) is 14.4 Å². The van der Waals surface area contributed by atoms with Gasteiger partial charge in [-0.2, -0.15) is 18.2 Å². The predicted molar refractivity (Wildman–Crippen MR) is 63.8 cm³/mol. The first kappa shape index (κ1) is 12.4. The van der Waals surface area contributed by atoms with Crippen LogP contribution < -0.4 is 4.87 Å². The Morgan fingerprint density at radius 2 is 2.11 bits per heavy atom. The van der Waals surface area contributed by atoms with E-state index in [4.69, 9.17) is 11.6 Å². The van der Waals surface area contributed by atoms with E-state index in [1.54, 1.807) is 0 Å². The van der Waals surface area contributed by atoms with Crippen molar-refractivity contribution in [3.8, 4) is 10.7 Å². The third-order valence-corrected chi connectivity index (χ3v) is 3.52. The minimum atomic E-state index is -4.54. The molecular formula is C10H3ClF3N3OS. The van der Waals surface area contributed by atoms with Crippen molar-refractivity contribution < 1.29 is 13.2 Å². The largest absolute Gasteiger partial charge is 0.417 e. The van der Waals surface area contributed by atoms with E-state index in [9.17, 15) is 18.0 Å². The number of nitrogens with zero attached hydrogens (tertiary/aromatic N) is 3. The van der Waals surface area contributed by atoms with Gasteiger partial charge in [0.2, 0.25) is 0 Å². The number of rotatable bonds is 0. The van der Waals surface area contributed by atoms with Crippen LogP contribution in [0.4, 0.5) is 13.2 Å². The minimum Gasteiger partial charge on any atom is -0.283 e. The molecule has 0 unspecified atom stereocenters. The van der Waals surface area contributed by atoms with Crippen LogP contribution >= 0.6 is 22.9 Å². The molecular weight excluding hydrogens is 303 g/mol. The first-order valence-electron chi connectivity index (χ1n) is 4.91. The number of pyridine rings is 1. The Morgan fingerprint density at radius 1 is 1.37 bits per heavy atom. The molecule has 0 atom stereocenters. The van der Waals surface area contributed by atoms with Crippen LogP contribution in [0.5, 0.6) is 0 Å². The number of thiazole rings is 1. The van der Waals surface area contributed by atoms with Crippen molar-refractivity contribution in [2.24, 2.45) is 0 Å². The summed E-state index contributed by atoms with van der Waals surface area (Å²) in [6.45, 7) is 0. The van der Waals surface area contributed by atoms with Crippen LogP contribution in [-0.2, 0) is 6.18 Å². The van der Waals surface area contributed by atoms with Crippen molar-refractivity contribution >= 4 is 28.6 Å². The number of aromatic nitrogens is 3. The van der Waals surface area contributed by atoms with Gasteiger partial charge >= 0.3 is 11.0 Å². The smallest absolute Gasteiger partial charge is 0.283 e. The molecule has 0 saturated heterocycles. The Balaban J connectivity index is 2.45. The lowest BCUT2D eigenvalue weighted by molar-refractivity contribution is -0.137. The topological polar surface area (TPSA) is 47.3 Å². The molecule has 0 N–H and O–H groups in total. The van der Waals surface area contributed by atoms with Crippen LogP contribution in [0.25, 0.3) is 16.3 Å². The molecule has 1 aromatic rings. The predicted octanol–water partition coefficient (Wildman–Crippen LogP) is 2.93. The summed E-state index contributed by atoms with van der Waals surface area (Å²) in [7, 11) is 0. The van der Waals surface area contributed by atoms with Crippen LogP contribution in [0.15, 0.2) is 23.3 Å². The highest BCUT2D eigenvalue weighted by Gasteiger charge is 2.32. The lowest BCUT2D eigenvalue weighted by Gasteiger charge is -2.11. The number of hydrogen-bond donors (Lipinski definition) is 0. The molecule has 4 nitrogen and oxygen atoms in total. The molecule has 2 aliphatic heterocycles. The fourth-order valence-corrected chi connectivity index (χ4v) is 2.59. The van der Waals surface area contributed by atoms with Crippen LogP contribution in [0.1, 0.15) is 5.56 Å². The van der Waals surface area contributed by atoms with E-state index in [1.165, 1.54) is 6.20 Å². The Kier molecular flexibility index (Phi) is 2.55. The molecule has 2 aliphatic rings. The molecule has 0 aromatic carbocycles. The molecule has 0 fully saturated rings. The van der Waals surface area contributed by atoms with E-state index in [0.717, 1.165) is 28.0 Å². The summed E-state index contributed by atoms with van der Waals surface area (Å²) in [5, 5.41) is -0.155. The second-order valence-corrected chi connectivity index (χ2v) is 5.09. The number of hydrogen-bond acceptors (Lipinski definition) is 4. The average Bonchev–Trinajstić information content (AvgIpc) is 2.68. The van der Waals surface area contributed by atoms with Gasteiger partial charge < -0.3 is 0 Å². The van der Waals surface area contributed by atoms with Gasteiger partial charge in [0.05, 0.1) is 21.7 Å². The van der Waals surface area contributed by atoms with Crippen molar-refractivity contribution in [1.82, 2.24) is 14.4 Å². The fourth-order valence-electron chi connectivity index (χ4n) is 1.67. The Morgan fingerprint density at radius 3 is 2.79 bits per heavy atom. The highest BCUT2D eigenvalue weighted by atomic mass is 35.5. The van der Waals surface area contributed by atoms with Crippen LogP contribution in [0.2, 0.25) is 5.02 Å². The zero-order valence-corrected chi connectivity index (χ0v) is 10.5. The molecule has 0 bridgehead atoms. The van der Waals surface area contributed by atoms with E-state index in [1.807, 2.05) is 0 Å². The van der Waals surface area contributed by atoms with Gasteiger partial charge in [0, 0.05) is 6.20 Å². The summed E-state index contributed by atoms with van der Waals surface area (Å²) in [6.07, 6.45) is -2.35. The Bertz CT molecular complexity index is 810. The normalized spacial score (nSPS) is 12.4. The van der Waals surface area contributed by atoms with Gasteiger partial charge in [-0.15, -0.1) is 0 Å². The average molecular weight is 306 g/mol. The first-order chi connectivity index (χ1) is 8.86. The molecule has 9 heteroatoms. The molecule has 0 radical (unpaired) electrons. The minimum absolute atomic E-state index is 0.118. The first-order valence-corrected chi connectivity index (χ1v) is 6.10. The zero-order valence-electron chi connectivity index (χ0n) is 8.90. The molecule has 0 saturated carbocycles. The molecule has 3 rings (SSSR count). The van der Waals surface area contributed by atoms with Gasteiger partial charge in [-0.25, -0.2) is 4.98 Å². The molecule has 98 valence electrons. The maximum Gasteiger partial charge on any atom is 0.417 e. The van der Waals surface area contributed by atoms with Crippen LogP contribution in [0, 0.1) is 0 Å². The van der Waals surface area contributed by atoms with Gasteiger partial charge in [0.15, 0.2) is 11.5 Å². The molecule has 19 heavy (non-hydrogen) atoms. The summed E-state index contributed by atoms with van der Waals surface area (Å²) in [6, 6.07) is 0.792. The maximum atomic E-state index is 12.7. The zero-order chi connectivity index (χ0) is 13.8. The van der Waals surface area contributed by atoms with Gasteiger partial charge in [-0.1, -0.05) is 22.9 Å². The summed E-state index contributed by atoms with van der Waals surface area (Å²) >= 11 is 6.60. The lowest BCUT2D eigenvalue weighted by atomic mass is 10.2. The molecule has 0 amide bonds. The third-order valence-electron chi connectivity index (χ3n) is 2.47. The van der Waals surface area contributed by atoms with Crippen molar-refractivity contribution in [3.63, 3.8) is 0 Å². The molecule has 3 heterocycles. The van der Waals surface area contributed by atoms with Gasteiger partial charge in [-0.05, 0) is 6.07 Å². The third kappa shape index (κ3) is 1.96. The lowest BCUT2D eigenvalue weighted by Crippen LogP contribution is -2.09. The van der Waals surface area contributed by atoms with Crippen molar-refractivity contribution in [1.29, 1.82) is 0 Å². The summed E-state index contributed by atoms with van der Waals surface area (Å²) in [4.78, 5) is 18.7. The summed E-state index contributed by atoms with van der Waals surface area (Å²) in [5.74, 6) is 0.119. The van der Waals surface area contributed by atoms with Crippen molar-refractivity contribution in [3.05, 3.63) is 38.7 Å². The van der Waals surface area contributed by atoms with E-state index in [2.05, 4.69) is 9.97 Å². The van der Waals surface area contributed by atoms with Gasteiger partial charge in [-0.3, -0.25) is 9.20 Å². The Hall–Kier alpha value is -1.67. The molecule has 0 aliphatic carbocycles. The van der Waals surface area contributed by atoms with E-state index >= 15 is 0 Å². The Labute approximate surface area is 112 Å². The highest BCUT2D eigenvalue weighted by Crippen LogP contribution is 2.33. The van der Waals surface area contributed by atoms with E-state index in [-0.39, 0.29) is 16.5 Å². The van der Waals surface area contributed by atoms with Crippen molar-refractivity contribution in [2.45, 2.75) is 6.18 Å². The SMILES string of the molecule is O=c1nc2n3cc(C(F)(F)F)cc(Cl)c3ncc-2s1. The quantitative estimate of drug-likeness (QED) is 0.641. The fraction of sp³-hybridized carbons (Fsp3) is 0.100. The molecule has 1 aromatic heterocycles. The van der Waals surface area contributed by atoms with Crippen LogP contribution in [0.3, 0.4) is 0 Å². The van der Waals surface area contributed by atoms with E-state index in [0.29, 0.717) is 4.88 Å². The monoisotopic (exact) mass is 305 g/mol. The second kappa shape index (κ2) is 3.91. The summed E-state index contributed by atoms with van der Waals surface area (Å²) in [5.41, 5.74) is -0.808. The molecule has 0 spiro atoms. The van der Waals surface area contributed by atoms with Crippen molar-refractivity contribution in [2.75, 3.05) is 0 Å². The number of fused-ring (bicyclic) bond motifs is 3. The maximum absolute atomic E-state index is 12.7. The number of alkyl halides is 3. The second-order valence-electron chi connectivity index (χ2n) is 3.69. The number of halogens is 4.